The van der Waals surface area contributed by atoms with E-state index in [4.69, 9.17) is 4.99 Å². The summed E-state index contributed by atoms with van der Waals surface area (Å²) in [6, 6.07) is 4.21. The van der Waals surface area contributed by atoms with Gasteiger partial charge in [-0.15, -0.1) is 21.5 Å². The fourth-order valence-electron chi connectivity index (χ4n) is 3.56. The van der Waals surface area contributed by atoms with Gasteiger partial charge in [-0.25, -0.2) is 4.99 Å². The first-order valence-electron chi connectivity index (χ1n) is 10.9. The van der Waals surface area contributed by atoms with E-state index in [0.717, 1.165) is 50.2 Å². The van der Waals surface area contributed by atoms with Gasteiger partial charge in [-0.1, -0.05) is 19.9 Å². The van der Waals surface area contributed by atoms with E-state index in [1.165, 1.54) is 37.4 Å². The van der Waals surface area contributed by atoms with Gasteiger partial charge in [-0.2, -0.15) is 0 Å². The van der Waals surface area contributed by atoms with Gasteiger partial charge < -0.3 is 20.1 Å². The Kier molecular flexibility index (Phi) is 8.95. The molecule has 0 amide bonds. The topological polar surface area (TPSA) is 70.4 Å². The molecule has 0 aromatic carbocycles. The minimum Gasteiger partial charge on any atom is -0.356 e. The monoisotopic (exact) mass is 417 g/mol. The molecule has 0 aliphatic carbocycles. The summed E-state index contributed by atoms with van der Waals surface area (Å²) in [5, 5.41) is 17.2. The molecule has 1 fully saturated rings. The van der Waals surface area contributed by atoms with Gasteiger partial charge in [-0.05, 0) is 56.3 Å². The highest BCUT2D eigenvalue weighted by atomic mass is 32.1. The normalized spacial score (nSPS) is 16.3. The molecule has 2 N–H and O–H groups in total. The average Bonchev–Trinajstić information content (AvgIpc) is 3.41. The molecule has 0 bridgehead atoms. The van der Waals surface area contributed by atoms with E-state index < -0.39 is 0 Å². The van der Waals surface area contributed by atoms with Crippen molar-refractivity contribution in [3.05, 3.63) is 34.5 Å². The number of thiophene rings is 1. The van der Waals surface area contributed by atoms with Gasteiger partial charge in [0.25, 0.3) is 0 Å². The Balaban J connectivity index is 1.43. The van der Waals surface area contributed by atoms with Crippen molar-refractivity contribution in [2.24, 2.45) is 10.9 Å². The standard InChI is InChI=1S/C21H35N7S/c1-3-20-26-25-17-28(20)14-10-23-21(24-16-19-6-4-15-29-19)22-9-5-11-27-12-7-18(2)8-13-27/h4,6,15,17-18H,3,5,7-14,16H2,1-2H3,(H2,22,23,24). The second kappa shape index (κ2) is 11.9. The number of aryl methyl sites for hydroxylation is 1. The molecule has 2 aromatic rings. The van der Waals surface area contributed by atoms with Gasteiger partial charge in [-0.3, -0.25) is 0 Å². The van der Waals surface area contributed by atoms with Gasteiger partial charge in [0, 0.05) is 30.9 Å². The molecule has 160 valence electrons. The van der Waals surface area contributed by atoms with Crippen LogP contribution in [0, 0.1) is 5.92 Å². The van der Waals surface area contributed by atoms with Crippen molar-refractivity contribution in [2.45, 2.75) is 52.6 Å². The summed E-state index contributed by atoms with van der Waals surface area (Å²) in [6.45, 7) is 11.4. The first-order valence-corrected chi connectivity index (χ1v) is 11.8. The Labute approximate surface area is 178 Å². The van der Waals surface area contributed by atoms with Crippen LogP contribution >= 0.6 is 11.3 Å². The summed E-state index contributed by atoms with van der Waals surface area (Å²) in [6.07, 6.45) is 6.51. The van der Waals surface area contributed by atoms with Crippen LogP contribution in [0.5, 0.6) is 0 Å². The van der Waals surface area contributed by atoms with E-state index in [9.17, 15) is 0 Å². The maximum Gasteiger partial charge on any atom is 0.191 e. The van der Waals surface area contributed by atoms with Crippen LogP contribution in [0.4, 0.5) is 0 Å². The highest BCUT2D eigenvalue weighted by Gasteiger charge is 2.14. The van der Waals surface area contributed by atoms with E-state index in [1.54, 1.807) is 17.7 Å². The predicted octanol–water partition coefficient (Wildman–Crippen LogP) is 2.76. The molecule has 7 nitrogen and oxygen atoms in total. The third-order valence-electron chi connectivity index (χ3n) is 5.45. The number of guanidine groups is 1. The van der Waals surface area contributed by atoms with Crippen LogP contribution in [0.2, 0.25) is 0 Å². The third kappa shape index (κ3) is 7.44. The van der Waals surface area contributed by atoms with E-state index in [0.29, 0.717) is 6.54 Å². The molecule has 0 atom stereocenters. The summed E-state index contributed by atoms with van der Waals surface area (Å²) < 4.78 is 2.10. The zero-order valence-corrected chi connectivity index (χ0v) is 18.6. The number of hydrogen-bond acceptors (Lipinski definition) is 5. The number of likely N-dealkylation sites (tertiary alicyclic amines) is 1. The van der Waals surface area contributed by atoms with Crippen LogP contribution in [-0.4, -0.2) is 58.3 Å². The van der Waals surface area contributed by atoms with E-state index in [-0.39, 0.29) is 0 Å². The maximum absolute atomic E-state index is 4.77. The van der Waals surface area contributed by atoms with Gasteiger partial charge in [0.05, 0.1) is 6.54 Å². The van der Waals surface area contributed by atoms with Gasteiger partial charge in [0.1, 0.15) is 12.2 Å². The second-order valence-corrected chi connectivity index (χ2v) is 8.80. The van der Waals surface area contributed by atoms with Crippen LogP contribution in [0.15, 0.2) is 28.8 Å². The third-order valence-corrected chi connectivity index (χ3v) is 6.31. The molecule has 0 unspecified atom stereocenters. The zero-order chi connectivity index (χ0) is 20.3. The van der Waals surface area contributed by atoms with Crippen molar-refractivity contribution in [2.75, 3.05) is 32.7 Å². The molecule has 8 heteroatoms. The number of nitrogens with one attached hydrogen (secondary N) is 2. The lowest BCUT2D eigenvalue weighted by Gasteiger charge is -2.30. The molecule has 0 saturated carbocycles. The number of hydrogen-bond donors (Lipinski definition) is 2. The molecule has 29 heavy (non-hydrogen) atoms. The quantitative estimate of drug-likeness (QED) is 0.353. The lowest BCUT2D eigenvalue weighted by Crippen LogP contribution is -2.41. The van der Waals surface area contributed by atoms with Crippen molar-refractivity contribution in [1.82, 2.24) is 30.3 Å². The van der Waals surface area contributed by atoms with E-state index in [2.05, 4.69) is 61.7 Å². The summed E-state index contributed by atoms with van der Waals surface area (Å²) >= 11 is 1.75. The van der Waals surface area contributed by atoms with E-state index >= 15 is 0 Å². The van der Waals surface area contributed by atoms with Gasteiger partial charge in [0.2, 0.25) is 0 Å². The fourth-order valence-corrected chi connectivity index (χ4v) is 4.19. The minimum absolute atomic E-state index is 0.712. The van der Waals surface area contributed by atoms with Crippen LogP contribution in [0.3, 0.4) is 0 Å². The first kappa shape index (κ1) is 21.8. The molecular formula is C21H35N7S. The smallest absolute Gasteiger partial charge is 0.191 e. The molecule has 1 aliphatic heterocycles. The summed E-state index contributed by atoms with van der Waals surface area (Å²) in [5.41, 5.74) is 0. The van der Waals surface area contributed by atoms with E-state index in [1.807, 2.05) is 0 Å². The molecule has 3 heterocycles. The molecule has 0 spiro atoms. The molecule has 3 rings (SSSR count). The molecule has 1 saturated heterocycles. The second-order valence-electron chi connectivity index (χ2n) is 7.77. The van der Waals surface area contributed by atoms with Crippen LogP contribution in [-0.2, 0) is 19.5 Å². The number of rotatable bonds is 10. The maximum atomic E-state index is 4.77. The highest BCUT2D eigenvalue weighted by Crippen LogP contribution is 2.15. The molecule has 0 radical (unpaired) electrons. The largest absolute Gasteiger partial charge is 0.356 e. The Morgan fingerprint density at radius 1 is 1.24 bits per heavy atom. The Bertz CT molecular complexity index is 717. The predicted molar refractivity (Wildman–Crippen MR) is 120 cm³/mol. The number of nitrogens with zero attached hydrogens (tertiary/aromatic N) is 5. The fraction of sp³-hybridized carbons (Fsp3) is 0.667. The summed E-state index contributed by atoms with van der Waals surface area (Å²) in [7, 11) is 0. The van der Waals surface area contributed by atoms with Gasteiger partial charge in [0.15, 0.2) is 5.96 Å². The average molecular weight is 418 g/mol. The first-order chi connectivity index (χ1) is 14.2. The Hall–Kier alpha value is -1.93. The molecular weight excluding hydrogens is 382 g/mol. The zero-order valence-electron chi connectivity index (χ0n) is 17.8. The van der Waals surface area contributed by atoms with Crippen molar-refractivity contribution >= 4 is 17.3 Å². The minimum atomic E-state index is 0.712. The Morgan fingerprint density at radius 3 is 2.83 bits per heavy atom. The molecule has 1 aliphatic rings. The van der Waals surface area contributed by atoms with Crippen molar-refractivity contribution in [3.8, 4) is 0 Å². The number of aromatic nitrogens is 3. The van der Waals surface area contributed by atoms with Crippen LogP contribution < -0.4 is 10.6 Å². The summed E-state index contributed by atoms with van der Waals surface area (Å²) in [4.78, 5) is 8.64. The lowest BCUT2D eigenvalue weighted by atomic mass is 9.99. The van der Waals surface area contributed by atoms with Gasteiger partial charge >= 0.3 is 0 Å². The van der Waals surface area contributed by atoms with Crippen molar-refractivity contribution < 1.29 is 0 Å². The number of aliphatic imine (C=N–C) groups is 1. The van der Waals surface area contributed by atoms with Crippen LogP contribution in [0.25, 0.3) is 0 Å². The van der Waals surface area contributed by atoms with Crippen LogP contribution in [0.1, 0.15) is 43.8 Å². The van der Waals surface area contributed by atoms with Crippen molar-refractivity contribution in [3.63, 3.8) is 0 Å². The lowest BCUT2D eigenvalue weighted by molar-refractivity contribution is 0.191. The number of piperidine rings is 1. The summed E-state index contributed by atoms with van der Waals surface area (Å²) in [5.74, 6) is 2.80. The Morgan fingerprint density at radius 2 is 2.07 bits per heavy atom. The molecule has 2 aromatic heterocycles. The van der Waals surface area contributed by atoms with Crippen molar-refractivity contribution in [1.29, 1.82) is 0 Å². The highest BCUT2D eigenvalue weighted by molar-refractivity contribution is 7.09. The SMILES string of the molecule is CCc1nncn1CCNC(=NCc1cccs1)NCCCN1CCC(C)CC1.